The highest BCUT2D eigenvalue weighted by Gasteiger charge is 2.61. The number of anilines is 1. The zero-order chi connectivity index (χ0) is 16.5. The number of piperidine rings is 1. The van der Waals surface area contributed by atoms with Crippen LogP contribution in [0.2, 0.25) is 0 Å². The van der Waals surface area contributed by atoms with E-state index < -0.39 is 17.4 Å². The maximum absolute atomic E-state index is 14.1. The minimum atomic E-state index is -3.72. The molecule has 1 aromatic rings. The Bertz CT molecular complexity index is 556. The monoisotopic (exact) mass is 325 g/mol. The number of pyridine rings is 1. The number of alkyl halides is 2. The van der Waals surface area contributed by atoms with Crippen LogP contribution in [0, 0.1) is 0 Å². The molecule has 1 aliphatic heterocycles. The Labute approximate surface area is 133 Å². The van der Waals surface area contributed by atoms with Gasteiger partial charge in [0, 0.05) is 25.3 Å². The van der Waals surface area contributed by atoms with Crippen molar-refractivity contribution >= 4 is 11.7 Å². The molecule has 2 aliphatic rings. The number of nitrogens with zero attached hydrogens (tertiary/aromatic N) is 2. The molecule has 2 N–H and O–H groups in total. The maximum atomic E-state index is 14.1. The van der Waals surface area contributed by atoms with Crippen molar-refractivity contribution in [2.24, 2.45) is 0 Å². The molecule has 2 fully saturated rings. The second-order valence-electron chi connectivity index (χ2n) is 6.38. The van der Waals surface area contributed by atoms with E-state index >= 15 is 0 Å². The van der Waals surface area contributed by atoms with E-state index in [0.717, 1.165) is 5.82 Å². The topological polar surface area (TPSA) is 65.5 Å². The van der Waals surface area contributed by atoms with Gasteiger partial charge < -0.3 is 15.3 Å². The SMILES string of the molecule is O=C(NC1CCN(c2ccccn2)CC1)C(F)(F)C1(O)CCC1. The van der Waals surface area contributed by atoms with Crippen molar-refractivity contribution in [1.82, 2.24) is 10.3 Å². The van der Waals surface area contributed by atoms with E-state index in [1.807, 2.05) is 18.2 Å². The van der Waals surface area contributed by atoms with E-state index in [-0.39, 0.29) is 18.9 Å². The summed E-state index contributed by atoms with van der Waals surface area (Å²) in [5.74, 6) is -4.22. The van der Waals surface area contributed by atoms with Crippen LogP contribution in [0.5, 0.6) is 0 Å². The summed E-state index contributed by atoms with van der Waals surface area (Å²) in [6.45, 7) is 1.30. The predicted octanol–water partition coefficient (Wildman–Crippen LogP) is 1.72. The van der Waals surface area contributed by atoms with Gasteiger partial charge in [-0.1, -0.05) is 6.07 Å². The van der Waals surface area contributed by atoms with Gasteiger partial charge in [-0.05, 0) is 44.2 Å². The number of hydrogen-bond acceptors (Lipinski definition) is 4. The molecule has 1 aliphatic carbocycles. The number of hydrogen-bond donors (Lipinski definition) is 2. The van der Waals surface area contributed by atoms with Crippen LogP contribution in [0.4, 0.5) is 14.6 Å². The number of halogens is 2. The molecule has 2 heterocycles. The minimum Gasteiger partial charge on any atom is -0.383 e. The highest BCUT2D eigenvalue weighted by Crippen LogP contribution is 2.44. The molecule has 23 heavy (non-hydrogen) atoms. The fourth-order valence-corrected chi connectivity index (χ4v) is 3.11. The molecule has 1 aromatic heterocycles. The predicted molar refractivity (Wildman–Crippen MR) is 81.4 cm³/mol. The first-order valence-corrected chi connectivity index (χ1v) is 7.99. The van der Waals surface area contributed by atoms with Crippen molar-refractivity contribution in [2.75, 3.05) is 18.0 Å². The van der Waals surface area contributed by atoms with Crippen molar-refractivity contribution in [1.29, 1.82) is 0 Å². The highest BCUT2D eigenvalue weighted by molar-refractivity contribution is 5.85. The molecule has 0 spiro atoms. The zero-order valence-electron chi connectivity index (χ0n) is 12.8. The van der Waals surface area contributed by atoms with E-state index in [2.05, 4.69) is 15.2 Å². The minimum absolute atomic E-state index is 0.0223. The molecule has 5 nitrogen and oxygen atoms in total. The normalized spacial score (nSPS) is 21.6. The van der Waals surface area contributed by atoms with Crippen molar-refractivity contribution in [3.63, 3.8) is 0 Å². The molecule has 0 atom stereocenters. The number of carbonyl (C=O) groups is 1. The van der Waals surface area contributed by atoms with E-state index in [1.165, 1.54) is 0 Å². The Morgan fingerprint density at radius 3 is 2.57 bits per heavy atom. The van der Waals surface area contributed by atoms with E-state index in [1.54, 1.807) is 6.20 Å². The lowest BCUT2D eigenvalue weighted by molar-refractivity contribution is -0.216. The van der Waals surface area contributed by atoms with Gasteiger partial charge in [-0.15, -0.1) is 0 Å². The summed E-state index contributed by atoms with van der Waals surface area (Å²) in [6.07, 6.45) is 3.36. The van der Waals surface area contributed by atoms with Crippen LogP contribution in [0.3, 0.4) is 0 Å². The third-order valence-corrected chi connectivity index (χ3v) is 4.85. The Morgan fingerprint density at radius 2 is 2.04 bits per heavy atom. The Kier molecular flexibility index (Phi) is 4.23. The van der Waals surface area contributed by atoms with Gasteiger partial charge in [-0.2, -0.15) is 8.78 Å². The van der Waals surface area contributed by atoms with E-state index in [4.69, 9.17) is 0 Å². The number of aromatic nitrogens is 1. The fraction of sp³-hybridized carbons (Fsp3) is 0.625. The van der Waals surface area contributed by atoms with Crippen LogP contribution < -0.4 is 10.2 Å². The molecule has 0 bridgehead atoms. The molecule has 126 valence electrons. The number of rotatable bonds is 4. The fourth-order valence-electron chi connectivity index (χ4n) is 3.11. The third-order valence-electron chi connectivity index (χ3n) is 4.85. The smallest absolute Gasteiger partial charge is 0.352 e. The lowest BCUT2D eigenvalue weighted by Gasteiger charge is -2.42. The van der Waals surface area contributed by atoms with Crippen molar-refractivity contribution in [3.05, 3.63) is 24.4 Å². The van der Waals surface area contributed by atoms with Gasteiger partial charge in [0.05, 0.1) is 0 Å². The number of aliphatic hydroxyl groups is 1. The summed E-state index contributed by atoms with van der Waals surface area (Å²) >= 11 is 0. The van der Waals surface area contributed by atoms with Crippen LogP contribution in [-0.2, 0) is 4.79 Å². The van der Waals surface area contributed by atoms with Gasteiger partial charge in [0.15, 0.2) is 0 Å². The molecule has 0 radical (unpaired) electrons. The lowest BCUT2D eigenvalue weighted by atomic mass is 9.75. The van der Waals surface area contributed by atoms with Crippen LogP contribution in [0.25, 0.3) is 0 Å². The molecule has 1 saturated heterocycles. The summed E-state index contributed by atoms with van der Waals surface area (Å²) in [5, 5.41) is 12.2. The summed E-state index contributed by atoms with van der Waals surface area (Å²) in [5.41, 5.74) is -2.16. The van der Waals surface area contributed by atoms with Gasteiger partial charge in [-0.25, -0.2) is 4.98 Å². The molecule has 0 unspecified atom stereocenters. The summed E-state index contributed by atoms with van der Waals surface area (Å²) in [6, 6.07) is 5.34. The van der Waals surface area contributed by atoms with Crippen molar-refractivity contribution < 1.29 is 18.7 Å². The van der Waals surface area contributed by atoms with Crippen LogP contribution in [0.15, 0.2) is 24.4 Å². The second-order valence-corrected chi connectivity index (χ2v) is 6.38. The Hall–Kier alpha value is -1.76. The summed E-state index contributed by atoms with van der Waals surface area (Å²) < 4.78 is 28.1. The van der Waals surface area contributed by atoms with E-state index in [0.29, 0.717) is 32.4 Å². The van der Waals surface area contributed by atoms with Gasteiger partial charge >= 0.3 is 5.92 Å². The Balaban J connectivity index is 1.53. The van der Waals surface area contributed by atoms with Crippen LogP contribution >= 0.6 is 0 Å². The molecular formula is C16H21F2N3O2. The first-order valence-electron chi connectivity index (χ1n) is 7.99. The average Bonchev–Trinajstić information content (AvgIpc) is 2.54. The van der Waals surface area contributed by atoms with E-state index in [9.17, 15) is 18.7 Å². The zero-order valence-corrected chi connectivity index (χ0v) is 12.8. The molecule has 0 aromatic carbocycles. The largest absolute Gasteiger partial charge is 0.383 e. The lowest BCUT2D eigenvalue weighted by Crippen LogP contribution is -2.62. The first-order chi connectivity index (χ1) is 10.9. The van der Waals surface area contributed by atoms with Gasteiger partial charge in [-0.3, -0.25) is 4.79 Å². The number of carbonyl (C=O) groups excluding carboxylic acids is 1. The van der Waals surface area contributed by atoms with Crippen molar-refractivity contribution in [2.45, 2.75) is 49.7 Å². The molecule has 7 heteroatoms. The molecule has 3 rings (SSSR count). The van der Waals surface area contributed by atoms with Gasteiger partial charge in [0.1, 0.15) is 11.4 Å². The van der Waals surface area contributed by atoms with Crippen LogP contribution in [-0.4, -0.2) is 46.7 Å². The van der Waals surface area contributed by atoms with Crippen LogP contribution in [0.1, 0.15) is 32.1 Å². The van der Waals surface area contributed by atoms with Gasteiger partial charge in [0.25, 0.3) is 5.91 Å². The third kappa shape index (κ3) is 3.02. The average molecular weight is 325 g/mol. The Morgan fingerprint density at radius 1 is 1.35 bits per heavy atom. The van der Waals surface area contributed by atoms with Crippen molar-refractivity contribution in [3.8, 4) is 0 Å². The first kappa shape index (κ1) is 16.1. The molecular weight excluding hydrogens is 304 g/mol. The quantitative estimate of drug-likeness (QED) is 0.885. The van der Waals surface area contributed by atoms with Gasteiger partial charge in [0.2, 0.25) is 0 Å². The highest BCUT2D eigenvalue weighted by atomic mass is 19.3. The summed E-state index contributed by atoms with van der Waals surface area (Å²) in [7, 11) is 0. The molecule has 1 saturated carbocycles. The summed E-state index contributed by atoms with van der Waals surface area (Å²) in [4.78, 5) is 18.2. The standard InChI is InChI=1S/C16H21F2N3O2/c17-16(18,15(23)7-3-8-15)14(22)20-12-5-10-21(11-6-12)13-4-1-2-9-19-13/h1-2,4,9,12,23H,3,5-8,10-11H2,(H,20,22). The molecule has 1 amide bonds. The maximum Gasteiger partial charge on any atom is 0.352 e. The number of nitrogens with one attached hydrogen (secondary N) is 1. The second kappa shape index (κ2) is 6.03. The number of amides is 1.